The van der Waals surface area contributed by atoms with Gasteiger partial charge in [0.25, 0.3) is 11.8 Å². The number of hydrogen-bond donors (Lipinski definition) is 2. The van der Waals surface area contributed by atoms with E-state index in [0.29, 0.717) is 30.1 Å². The Labute approximate surface area is 122 Å². The molecule has 0 atom stereocenters. The van der Waals surface area contributed by atoms with Gasteiger partial charge in [-0.25, -0.2) is 0 Å². The molecule has 0 radical (unpaired) electrons. The van der Waals surface area contributed by atoms with Crippen LogP contribution in [-0.2, 0) is 9.59 Å². The molecule has 0 fully saturated rings. The number of amides is 3. The first-order valence-electron chi connectivity index (χ1n) is 6.55. The second-order valence-corrected chi connectivity index (χ2v) is 4.66. The summed E-state index contributed by atoms with van der Waals surface area (Å²) in [6, 6.07) is 4.91. The van der Waals surface area contributed by atoms with Crippen LogP contribution in [0.5, 0.6) is 5.75 Å². The number of hydrogen-bond acceptors (Lipinski definition) is 4. The molecule has 2 rings (SSSR count). The summed E-state index contributed by atoms with van der Waals surface area (Å²) in [6.45, 7) is 2.12. The molecule has 0 saturated heterocycles. The van der Waals surface area contributed by atoms with E-state index >= 15 is 0 Å². The van der Waals surface area contributed by atoms with Gasteiger partial charge in [-0.05, 0) is 18.2 Å². The molecular weight excluding hydrogens is 274 g/mol. The van der Waals surface area contributed by atoms with Crippen LogP contribution in [0.2, 0.25) is 0 Å². The van der Waals surface area contributed by atoms with Crippen LogP contribution in [0, 0.1) is 0 Å². The van der Waals surface area contributed by atoms with Gasteiger partial charge in [0.05, 0.1) is 5.69 Å². The second kappa shape index (κ2) is 6.25. The van der Waals surface area contributed by atoms with Crippen LogP contribution < -0.4 is 20.3 Å². The highest BCUT2D eigenvalue weighted by Crippen LogP contribution is 2.31. The number of benzene rings is 1. The van der Waals surface area contributed by atoms with Crippen molar-refractivity contribution >= 4 is 23.4 Å². The smallest absolute Gasteiger partial charge is 0.264 e. The number of ether oxygens (including phenoxy) is 1. The number of anilines is 1. The summed E-state index contributed by atoms with van der Waals surface area (Å²) >= 11 is 0. The highest BCUT2D eigenvalue weighted by atomic mass is 16.5. The van der Waals surface area contributed by atoms with Crippen LogP contribution >= 0.6 is 0 Å². The van der Waals surface area contributed by atoms with E-state index in [1.165, 1.54) is 11.8 Å². The van der Waals surface area contributed by atoms with E-state index in [0.717, 1.165) is 0 Å². The largest absolute Gasteiger partial charge is 0.482 e. The zero-order chi connectivity index (χ0) is 15.4. The molecule has 0 aliphatic carbocycles. The fourth-order valence-corrected chi connectivity index (χ4v) is 1.93. The number of nitrogens with one attached hydrogen (secondary N) is 2. The fraction of sp³-hybridized carbons (Fsp3) is 0.357. The normalized spacial score (nSPS) is 13.2. The van der Waals surface area contributed by atoms with Gasteiger partial charge in [-0.15, -0.1) is 0 Å². The Morgan fingerprint density at radius 1 is 1.29 bits per heavy atom. The van der Waals surface area contributed by atoms with Gasteiger partial charge < -0.3 is 20.3 Å². The third-order valence-corrected chi connectivity index (χ3v) is 3.09. The van der Waals surface area contributed by atoms with E-state index in [1.807, 2.05) is 0 Å². The van der Waals surface area contributed by atoms with Crippen molar-refractivity contribution in [1.82, 2.24) is 10.6 Å². The van der Waals surface area contributed by atoms with Gasteiger partial charge in [0, 0.05) is 32.6 Å². The van der Waals surface area contributed by atoms with Gasteiger partial charge in [-0.2, -0.15) is 0 Å². The highest BCUT2D eigenvalue weighted by Gasteiger charge is 2.23. The molecule has 0 spiro atoms. The SMILES string of the molecule is CC(=O)NCCNC(=O)c1ccc2c(c1)N(C)C(=O)CO2. The van der Waals surface area contributed by atoms with Crippen molar-refractivity contribution in [3.63, 3.8) is 0 Å². The number of carbonyl (C=O) groups is 3. The van der Waals surface area contributed by atoms with Crippen LogP contribution in [0.25, 0.3) is 0 Å². The van der Waals surface area contributed by atoms with Gasteiger partial charge in [0.15, 0.2) is 6.61 Å². The summed E-state index contributed by atoms with van der Waals surface area (Å²) < 4.78 is 5.30. The van der Waals surface area contributed by atoms with Crippen molar-refractivity contribution in [3.8, 4) is 5.75 Å². The second-order valence-electron chi connectivity index (χ2n) is 4.66. The van der Waals surface area contributed by atoms with Crippen molar-refractivity contribution in [1.29, 1.82) is 0 Å². The number of likely N-dealkylation sites (N-methyl/N-ethyl adjacent to an activating group) is 1. The van der Waals surface area contributed by atoms with E-state index in [9.17, 15) is 14.4 Å². The average Bonchev–Trinajstić information content (AvgIpc) is 2.47. The van der Waals surface area contributed by atoms with Crippen molar-refractivity contribution < 1.29 is 19.1 Å². The Bertz CT molecular complexity index is 586. The monoisotopic (exact) mass is 291 g/mol. The molecule has 1 aromatic carbocycles. The molecule has 21 heavy (non-hydrogen) atoms. The first-order chi connectivity index (χ1) is 9.99. The minimum absolute atomic E-state index is 0.00571. The minimum Gasteiger partial charge on any atom is -0.482 e. The molecule has 0 aromatic heterocycles. The fourth-order valence-electron chi connectivity index (χ4n) is 1.93. The molecule has 1 aromatic rings. The Morgan fingerprint density at radius 2 is 2.00 bits per heavy atom. The molecular formula is C14H17N3O4. The maximum Gasteiger partial charge on any atom is 0.264 e. The number of carbonyl (C=O) groups excluding carboxylic acids is 3. The van der Waals surface area contributed by atoms with Crippen LogP contribution in [-0.4, -0.2) is 44.5 Å². The van der Waals surface area contributed by atoms with E-state index in [1.54, 1.807) is 25.2 Å². The Morgan fingerprint density at radius 3 is 2.71 bits per heavy atom. The lowest BCUT2D eigenvalue weighted by molar-refractivity contribution is -0.121. The van der Waals surface area contributed by atoms with E-state index in [4.69, 9.17) is 4.74 Å². The first-order valence-corrected chi connectivity index (χ1v) is 6.55. The predicted octanol–water partition coefficient (Wildman–Crippen LogP) is -0.0923. The molecule has 3 amide bonds. The summed E-state index contributed by atoms with van der Waals surface area (Å²) in [7, 11) is 1.64. The van der Waals surface area contributed by atoms with Crippen LogP contribution in [0.1, 0.15) is 17.3 Å². The summed E-state index contributed by atoms with van der Waals surface area (Å²) in [5.41, 5.74) is 1.00. The third-order valence-electron chi connectivity index (χ3n) is 3.09. The molecule has 0 bridgehead atoms. The van der Waals surface area contributed by atoms with E-state index < -0.39 is 0 Å². The number of fused-ring (bicyclic) bond motifs is 1. The summed E-state index contributed by atoms with van der Waals surface area (Å²) in [4.78, 5) is 35.7. The Hall–Kier alpha value is -2.57. The van der Waals surface area contributed by atoms with Crippen molar-refractivity contribution in [2.24, 2.45) is 0 Å². The van der Waals surface area contributed by atoms with Crippen molar-refractivity contribution in [2.75, 3.05) is 31.6 Å². The first kappa shape index (κ1) is 14.8. The summed E-state index contributed by atoms with van der Waals surface area (Å²) in [6.07, 6.45) is 0. The minimum atomic E-state index is -0.269. The van der Waals surface area contributed by atoms with Gasteiger partial charge in [0.1, 0.15) is 5.75 Å². The van der Waals surface area contributed by atoms with Crippen LogP contribution in [0.15, 0.2) is 18.2 Å². The Balaban J connectivity index is 2.02. The van der Waals surface area contributed by atoms with Gasteiger partial charge in [0.2, 0.25) is 5.91 Å². The average molecular weight is 291 g/mol. The van der Waals surface area contributed by atoms with Crippen LogP contribution in [0.4, 0.5) is 5.69 Å². The van der Waals surface area contributed by atoms with Crippen molar-refractivity contribution in [3.05, 3.63) is 23.8 Å². The van der Waals surface area contributed by atoms with Crippen molar-refractivity contribution in [2.45, 2.75) is 6.92 Å². The maximum absolute atomic E-state index is 12.0. The molecule has 1 aliphatic heterocycles. The van der Waals surface area contributed by atoms with Gasteiger partial charge in [-0.1, -0.05) is 0 Å². The quantitative estimate of drug-likeness (QED) is 0.759. The topological polar surface area (TPSA) is 87.7 Å². The van der Waals surface area contributed by atoms with Gasteiger partial charge in [-0.3, -0.25) is 14.4 Å². The molecule has 7 nitrogen and oxygen atoms in total. The highest BCUT2D eigenvalue weighted by molar-refractivity contribution is 6.00. The zero-order valence-electron chi connectivity index (χ0n) is 11.9. The lowest BCUT2D eigenvalue weighted by atomic mass is 10.1. The lowest BCUT2D eigenvalue weighted by Crippen LogP contribution is -2.36. The standard InChI is InChI=1S/C14H17N3O4/c1-9(18)15-5-6-16-14(20)10-3-4-12-11(7-10)17(2)13(19)8-21-12/h3-4,7H,5-6,8H2,1-2H3,(H,15,18)(H,16,20). The molecule has 112 valence electrons. The molecule has 2 N–H and O–H groups in total. The predicted molar refractivity (Wildman–Crippen MR) is 76.4 cm³/mol. The molecule has 1 heterocycles. The lowest BCUT2D eigenvalue weighted by Gasteiger charge is -2.26. The molecule has 0 unspecified atom stereocenters. The van der Waals surface area contributed by atoms with E-state index in [-0.39, 0.29) is 24.3 Å². The number of rotatable bonds is 4. The van der Waals surface area contributed by atoms with Crippen LogP contribution in [0.3, 0.4) is 0 Å². The van der Waals surface area contributed by atoms with E-state index in [2.05, 4.69) is 10.6 Å². The Kier molecular flexibility index (Phi) is 4.42. The van der Waals surface area contributed by atoms with Gasteiger partial charge >= 0.3 is 0 Å². The zero-order valence-corrected chi connectivity index (χ0v) is 11.9. The molecule has 1 aliphatic rings. The molecule has 7 heteroatoms. The summed E-state index contributed by atoms with van der Waals surface area (Å²) in [5.74, 6) is 0.00232. The summed E-state index contributed by atoms with van der Waals surface area (Å²) in [5, 5.41) is 5.28. The number of nitrogens with zero attached hydrogens (tertiary/aromatic N) is 1. The maximum atomic E-state index is 12.0. The third kappa shape index (κ3) is 3.50. The molecule has 0 saturated carbocycles.